The fourth-order valence-electron chi connectivity index (χ4n) is 1.72. The first kappa shape index (κ1) is 11.8. The van der Waals surface area contributed by atoms with E-state index in [4.69, 9.17) is 16.7 Å². The van der Waals surface area contributed by atoms with Gasteiger partial charge in [-0.1, -0.05) is 24.9 Å². The standard InChI is InChI=1S/C10H18ClNO2/c1-2-9(14)12-10(11,6-7-13)8-4-3-5-8/h8,13H,2-7H2,1H3,(H,12,14). The molecule has 1 aliphatic carbocycles. The highest BCUT2D eigenvalue weighted by Gasteiger charge is 2.40. The second kappa shape index (κ2) is 4.99. The van der Waals surface area contributed by atoms with Crippen LogP contribution in [0.1, 0.15) is 39.0 Å². The Morgan fingerprint density at radius 1 is 1.64 bits per heavy atom. The van der Waals surface area contributed by atoms with E-state index in [0.29, 0.717) is 18.8 Å². The topological polar surface area (TPSA) is 49.3 Å². The van der Waals surface area contributed by atoms with E-state index in [1.54, 1.807) is 6.92 Å². The number of aliphatic hydroxyl groups is 1. The third-order valence-electron chi connectivity index (χ3n) is 2.90. The van der Waals surface area contributed by atoms with Gasteiger partial charge in [0.2, 0.25) is 5.91 Å². The van der Waals surface area contributed by atoms with Crippen LogP contribution in [0.3, 0.4) is 0 Å². The second-order valence-corrected chi connectivity index (χ2v) is 4.54. The molecule has 1 unspecified atom stereocenters. The summed E-state index contributed by atoms with van der Waals surface area (Å²) in [6.07, 6.45) is 4.14. The second-order valence-electron chi connectivity index (χ2n) is 3.87. The Morgan fingerprint density at radius 3 is 2.64 bits per heavy atom. The maximum atomic E-state index is 11.3. The number of alkyl halides is 1. The van der Waals surface area contributed by atoms with Crippen LogP contribution in [-0.2, 0) is 4.79 Å². The molecule has 0 heterocycles. The van der Waals surface area contributed by atoms with Gasteiger partial charge in [0.15, 0.2) is 0 Å². The van der Waals surface area contributed by atoms with Crippen molar-refractivity contribution < 1.29 is 9.90 Å². The molecule has 14 heavy (non-hydrogen) atoms. The molecular formula is C10H18ClNO2. The number of hydrogen-bond donors (Lipinski definition) is 2. The smallest absolute Gasteiger partial charge is 0.221 e. The van der Waals surface area contributed by atoms with Crippen LogP contribution in [0.2, 0.25) is 0 Å². The lowest BCUT2D eigenvalue weighted by Crippen LogP contribution is -2.52. The molecule has 1 amide bonds. The third-order valence-corrected chi connectivity index (χ3v) is 3.49. The van der Waals surface area contributed by atoms with E-state index < -0.39 is 5.00 Å². The summed E-state index contributed by atoms with van der Waals surface area (Å²) in [7, 11) is 0. The van der Waals surface area contributed by atoms with Crippen LogP contribution in [0, 0.1) is 5.92 Å². The maximum absolute atomic E-state index is 11.3. The van der Waals surface area contributed by atoms with Crippen molar-refractivity contribution in [3.63, 3.8) is 0 Å². The Balaban J connectivity index is 2.55. The molecule has 0 aromatic heterocycles. The lowest BCUT2D eigenvalue weighted by molar-refractivity contribution is -0.122. The number of rotatable bonds is 5. The van der Waals surface area contributed by atoms with Crippen LogP contribution in [0.15, 0.2) is 0 Å². The first-order valence-corrected chi connectivity index (χ1v) is 5.61. The minimum absolute atomic E-state index is 0.0179. The first-order chi connectivity index (χ1) is 6.62. The van der Waals surface area contributed by atoms with Crippen LogP contribution < -0.4 is 5.32 Å². The van der Waals surface area contributed by atoms with Gasteiger partial charge in [0.1, 0.15) is 5.00 Å². The molecule has 0 saturated heterocycles. The molecule has 0 radical (unpaired) electrons. The van der Waals surface area contributed by atoms with Gasteiger partial charge in [0, 0.05) is 19.4 Å². The molecule has 0 spiro atoms. The highest BCUT2D eigenvalue weighted by molar-refractivity contribution is 6.24. The Kier molecular flexibility index (Phi) is 4.20. The molecule has 82 valence electrons. The van der Waals surface area contributed by atoms with Crippen molar-refractivity contribution in [1.29, 1.82) is 0 Å². The fourth-order valence-corrected chi connectivity index (χ4v) is 2.13. The summed E-state index contributed by atoms with van der Waals surface area (Å²) in [6, 6.07) is 0. The lowest BCUT2D eigenvalue weighted by Gasteiger charge is -2.41. The average Bonchev–Trinajstić information content (AvgIpc) is 2.00. The van der Waals surface area contributed by atoms with Crippen molar-refractivity contribution in [3.8, 4) is 0 Å². The van der Waals surface area contributed by atoms with Gasteiger partial charge in [0.25, 0.3) is 0 Å². The van der Waals surface area contributed by atoms with E-state index in [2.05, 4.69) is 5.32 Å². The summed E-state index contributed by atoms with van der Waals surface area (Å²) < 4.78 is 0. The van der Waals surface area contributed by atoms with E-state index in [9.17, 15) is 4.79 Å². The lowest BCUT2D eigenvalue weighted by atomic mass is 9.78. The molecule has 0 aliphatic heterocycles. The molecule has 1 atom stereocenters. The zero-order valence-electron chi connectivity index (χ0n) is 8.55. The molecular weight excluding hydrogens is 202 g/mol. The molecule has 1 aliphatic rings. The van der Waals surface area contributed by atoms with Gasteiger partial charge >= 0.3 is 0 Å². The summed E-state index contributed by atoms with van der Waals surface area (Å²) in [4.78, 5) is 10.6. The molecule has 1 fully saturated rings. The summed E-state index contributed by atoms with van der Waals surface area (Å²) >= 11 is 6.32. The number of hydrogen-bond acceptors (Lipinski definition) is 2. The summed E-state index contributed by atoms with van der Waals surface area (Å²) in [5, 5.41) is 11.7. The molecule has 4 heteroatoms. The number of nitrogens with one attached hydrogen (secondary N) is 1. The largest absolute Gasteiger partial charge is 0.396 e. The van der Waals surface area contributed by atoms with Crippen molar-refractivity contribution in [2.45, 2.75) is 44.0 Å². The van der Waals surface area contributed by atoms with E-state index in [-0.39, 0.29) is 12.5 Å². The minimum atomic E-state index is -0.708. The molecule has 0 aromatic rings. The normalized spacial score (nSPS) is 21.1. The highest BCUT2D eigenvalue weighted by atomic mass is 35.5. The van der Waals surface area contributed by atoms with Crippen molar-refractivity contribution in [2.24, 2.45) is 5.92 Å². The summed E-state index contributed by atoms with van der Waals surface area (Å²) in [6.45, 7) is 1.82. The Bertz CT molecular complexity index is 206. The van der Waals surface area contributed by atoms with Crippen molar-refractivity contribution in [2.75, 3.05) is 6.61 Å². The van der Waals surface area contributed by atoms with Crippen molar-refractivity contribution in [1.82, 2.24) is 5.32 Å². The van der Waals surface area contributed by atoms with Crippen molar-refractivity contribution >= 4 is 17.5 Å². The first-order valence-electron chi connectivity index (χ1n) is 5.23. The van der Waals surface area contributed by atoms with Crippen LogP contribution in [-0.4, -0.2) is 22.6 Å². The van der Waals surface area contributed by atoms with Gasteiger partial charge in [-0.3, -0.25) is 4.79 Å². The van der Waals surface area contributed by atoms with E-state index >= 15 is 0 Å². The van der Waals surface area contributed by atoms with E-state index in [1.165, 1.54) is 6.42 Å². The molecule has 0 bridgehead atoms. The van der Waals surface area contributed by atoms with Crippen LogP contribution in [0.4, 0.5) is 0 Å². The fraction of sp³-hybridized carbons (Fsp3) is 0.900. The third kappa shape index (κ3) is 2.61. The number of aliphatic hydroxyl groups excluding tert-OH is 1. The number of amides is 1. The molecule has 3 nitrogen and oxygen atoms in total. The monoisotopic (exact) mass is 219 g/mol. The number of carbonyl (C=O) groups excluding carboxylic acids is 1. The van der Waals surface area contributed by atoms with Crippen LogP contribution >= 0.6 is 11.6 Å². The zero-order chi connectivity index (χ0) is 10.6. The van der Waals surface area contributed by atoms with Gasteiger partial charge in [-0.15, -0.1) is 0 Å². The molecule has 2 N–H and O–H groups in total. The predicted molar refractivity (Wildman–Crippen MR) is 56.1 cm³/mol. The molecule has 0 aromatic carbocycles. The summed E-state index contributed by atoms with van der Waals surface area (Å²) in [5.74, 6) is 0.284. The number of halogens is 1. The summed E-state index contributed by atoms with van der Waals surface area (Å²) in [5.41, 5.74) is 0. The van der Waals surface area contributed by atoms with Gasteiger partial charge in [-0.25, -0.2) is 0 Å². The van der Waals surface area contributed by atoms with E-state index in [1.807, 2.05) is 0 Å². The van der Waals surface area contributed by atoms with Crippen molar-refractivity contribution in [3.05, 3.63) is 0 Å². The quantitative estimate of drug-likeness (QED) is 0.546. The Labute approximate surface area is 89.8 Å². The van der Waals surface area contributed by atoms with Crippen LogP contribution in [0.5, 0.6) is 0 Å². The Hall–Kier alpha value is -0.280. The van der Waals surface area contributed by atoms with Gasteiger partial charge in [0.05, 0.1) is 0 Å². The predicted octanol–water partition coefficient (Wildman–Crippen LogP) is 1.63. The highest BCUT2D eigenvalue weighted by Crippen LogP contribution is 2.40. The van der Waals surface area contributed by atoms with Gasteiger partial charge in [-0.05, 0) is 18.8 Å². The van der Waals surface area contributed by atoms with E-state index in [0.717, 1.165) is 12.8 Å². The Morgan fingerprint density at radius 2 is 2.29 bits per heavy atom. The average molecular weight is 220 g/mol. The number of carbonyl (C=O) groups is 1. The SMILES string of the molecule is CCC(=O)NC(Cl)(CCO)C1CCC1. The van der Waals surface area contributed by atoms with Crippen LogP contribution in [0.25, 0.3) is 0 Å². The molecule has 1 saturated carbocycles. The molecule has 1 rings (SSSR count). The minimum Gasteiger partial charge on any atom is -0.396 e. The van der Waals surface area contributed by atoms with Gasteiger partial charge < -0.3 is 10.4 Å². The van der Waals surface area contributed by atoms with Gasteiger partial charge in [-0.2, -0.15) is 0 Å². The zero-order valence-corrected chi connectivity index (χ0v) is 9.31. The maximum Gasteiger partial charge on any atom is 0.221 e.